The van der Waals surface area contributed by atoms with Crippen LogP contribution in [0, 0.1) is 5.92 Å². The SMILES string of the molecule is CC1C=CC=C(c2cc(-c3ccccc3)nc(-n3c4ccccc4c4c5ccccc5c5c(c43)C(C)(C)c3ccccc3-5)n2)C1. The standard InChI is InChI=1S/C42H33N3/c1-26-14-13-17-28(24-26)35-25-34(27-15-5-4-6-16-27)43-41(44-35)45-36-23-12-10-21-32(36)38-30-19-8-7-18-29(30)37-31-20-9-11-22-33(31)42(2,3)39(37)40(38)45/h4-23,25-26H,24H2,1-3H3. The molecule has 5 aromatic carbocycles. The number of rotatable bonds is 3. The van der Waals surface area contributed by atoms with Crippen molar-refractivity contribution in [2.75, 3.05) is 0 Å². The molecular weight excluding hydrogens is 546 g/mol. The molecule has 9 rings (SSSR count). The monoisotopic (exact) mass is 579 g/mol. The zero-order chi connectivity index (χ0) is 30.3. The van der Waals surface area contributed by atoms with Crippen molar-refractivity contribution in [1.29, 1.82) is 0 Å². The molecule has 0 fully saturated rings. The van der Waals surface area contributed by atoms with Gasteiger partial charge < -0.3 is 0 Å². The quantitative estimate of drug-likeness (QED) is 0.208. The Labute approximate surface area is 263 Å². The molecule has 1 unspecified atom stereocenters. The van der Waals surface area contributed by atoms with Crippen molar-refractivity contribution in [3.05, 3.63) is 144 Å². The summed E-state index contributed by atoms with van der Waals surface area (Å²) in [5.74, 6) is 1.18. The van der Waals surface area contributed by atoms with Gasteiger partial charge in [-0.3, -0.25) is 4.57 Å². The highest BCUT2D eigenvalue weighted by Gasteiger charge is 2.40. The molecule has 3 heteroatoms. The molecule has 45 heavy (non-hydrogen) atoms. The maximum absolute atomic E-state index is 5.41. The van der Waals surface area contributed by atoms with Crippen LogP contribution in [-0.4, -0.2) is 14.5 Å². The Morgan fingerprint density at radius 3 is 2.24 bits per heavy atom. The number of fused-ring (bicyclic) bond motifs is 10. The molecule has 7 aromatic rings. The average Bonchev–Trinajstić information content (AvgIpc) is 3.54. The lowest BCUT2D eigenvalue weighted by molar-refractivity contribution is 0.663. The summed E-state index contributed by atoms with van der Waals surface area (Å²) in [6, 6.07) is 39.3. The molecule has 216 valence electrons. The first-order valence-corrected chi connectivity index (χ1v) is 15.9. The molecule has 0 saturated carbocycles. The molecule has 2 aliphatic carbocycles. The van der Waals surface area contributed by atoms with Gasteiger partial charge in [0.25, 0.3) is 0 Å². The van der Waals surface area contributed by atoms with Crippen molar-refractivity contribution < 1.29 is 0 Å². The van der Waals surface area contributed by atoms with Crippen LogP contribution in [0.5, 0.6) is 0 Å². The Bertz CT molecular complexity index is 2390. The lowest BCUT2D eigenvalue weighted by Crippen LogP contribution is -2.17. The molecule has 0 radical (unpaired) electrons. The Kier molecular flexibility index (Phi) is 5.58. The van der Waals surface area contributed by atoms with Crippen LogP contribution in [0.15, 0.2) is 127 Å². The fraction of sp³-hybridized carbons (Fsp3) is 0.143. The van der Waals surface area contributed by atoms with Crippen molar-refractivity contribution in [3.8, 4) is 28.3 Å². The maximum atomic E-state index is 5.41. The minimum atomic E-state index is -0.216. The summed E-state index contributed by atoms with van der Waals surface area (Å²) in [6.45, 7) is 7.02. The topological polar surface area (TPSA) is 30.7 Å². The Balaban J connectivity index is 1.47. The van der Waals surface area contributed by atoms with Crippen molar-refractivity contribution >= 4 is 38.2 Å². The highest BCUT2D eigenvalue weighted by molar-refractivity contribution is 6.26. The Hall–Kier alpha value is -5.28. The maximum Gasteiger partial charge on any atom is 0.235 e. The van der Waals surface area contributed by atoms with Gasteiger partial charge in [-0.1, -0.05) is 136 Å². The van der Waals surface area contributed by atoms with Crippen LogP contribution in [0.3, 0.4) is 0 Å². The van der Waals surface area contributed by atoms with Crippen molar-refractivity contribution in [3.63, 3.8) is 0 Å². The molecule has 0 saturated heterocycles. The van der Waals surface area contributed by atoms with Crippen LogP contribution in [0.25, 0.3) is 66.5 Å². The van der Waals surface area contributed by atoms with E-state index in [1.54, 1.807) is 0 Å². The molecule has 3 nitrogen and oxygen atoms in total. The molecule has 2 heterocycles. The van der Waals surface area contributed by atoms with Crippen LogP contribution in [-0.2, 0) is 5.41 Å². The predicted molar refractivity (Wildman–Crippen MR) is 188 cm³/mol. The smallest absolute Gasteiger partial charge is 0.235 e. The van der Waals surface area contributed by atoms with Gasteiger partial charge >= 0.3 is 0 Å². The second-order valence-electron chi connectivity index (χ2n) is 13.1. The second-order valence-corrected chi connectivity index (χ2v) is 13.1. The number of hydrogen-bond donors (Lipinski definition) is 0. The third-order valence-electron chi connectivity index (χ3n) is 9.91. The molecular formula is C42H33N3. The van der Waals surface area contributed by atoms with Gasteiger partial charge in [-0.15, -0.1) is 0 Å². The van der Waals surface area contributed by atoms with E-state index in [1.165, 1.54) is 54.9 Å². The summed E-state index contributed by atoms with van der Waals surface area (Å²) >= 11 is 0. The zero-order valence-electron chi connectivity index (χ0n) is 25.8. The lowest BCUT2D eigenvalue weighted by atomic mass is 9.80. The van der Waals surface area contributed by atoms with Gasteiger partial charge in [0, 0.05) is 21.8 Å². The van der Waals surface area contributed by atoms with E-state index in [0.29, 0.717) is 11.9 Å². The predicted octanol–water partition coefficient (Wildman–Crippen LogP) is 10.7. The number of allylic oxidation sites excluding steroid dienone is 4. The molecule has 1 atom stereocenters. The van der Waals surface area contributed by atoms with E-state index in [1.807, 2.05) is 0 Å². The summed E-state index contributed by atoms with van der Waals surface area (Å²) in [6.07, 6.45) is 7.62. The molecule has 0 bridgehead atoms. The van der Waals surface area contributed by atoms with E-state index in [0.717, 1.165) is 28.9 Å². The van der Waals surface area contributed by atoms with Gasteiger partial charge in [0.1, 0.15) is 0 Å². The lowest BCUT2D eigenvalue weighted by Gasteiger charge is -2.24. The summed E-state index contributed by atoms with van der Waals surface area (Å²) in [7, 11) is 0. The minimum absolute atomic E-state index is 0.216. The summed E-state index contributed by atoms with van der Waals surface area (Å²) in [4.78, 5) is 10.8. The zero-order valence-corrected chi connectivity index (χ0v) is 25.8. The number of benzene rings is 5. The van der Waals surface area contributed by atoms with Gasteiger partial charge in [-0.2, -0.15) is 0 Å². The van der Waals surface area contributed by atoms with Crippen LogP contribution in [0.2, 0.25) is 0 Å². The fourth-order valence-electron chi connectivity index (χ4n) is 7.89. The highest BCUT2D eigenvalue weighted by atomic mass is 15.2. The van der Waals surface area contributed by atoms with E-state index in [2.05, 4.69) is 153 Å². The van der Waals surface area contributed by atoms with Gasteiger partial charge in [-0.25, -0.2) is 9.97 Å². The molecule has 2 aromatic heterocycles. The van der Waals surface area contributed by atoms with Crippen molar-refractivity contribution in [1.82, 2.24) is 14.5 Å². The van der Waals surface area contributed by atoms with Gasteiger partial charge in [0.05, 0.1) is 22.4 Å². The number of aromatic nitrogens is 3. The number of hydrogen-bond acceptors (Lipinski definition) is 2. The van der Waals surface area contributed by atoms with E-state index in [4.69, 9.17) is 9.97 Å². The van der Waals surface area contributed by atoms with Crippen LogP contribution in [0.1, 0.15) is 44.0 Å². The number of para-hydroxylation sites is 1. The molecule has 0 aliphatic heterocycles. The van der Waals surface area contributed by atoms with E-state index in [-0.39, 0.29) is 5.41 Å². The Morgan fingerprint density at radius 1 is 0.733 bits per heavy atom. The normalized spacial score (nSPS) is 16.7. The van der Waals surface area contributed by atoms with Gasteiger partial charge in [-0.05, 0) is 63.1 Å². The van der Waals surface area contributed by atoms with Crippen LogP contribution >= 0.6 is 0 Å². The first kappa shape index (κ1) is 26.2. The third-order valence-corrected chi connectivity index (χ3v) is 9.91. The van der Waals surface area contributed by atoms with E-state index in [9.17, 15) is 0 Å². The molecule has 0 N–H and O–H groups in total. The first-order valence-electron chi connectivity index (χ1n) is 15.9. The van der Waals surface area contributed by atoms with E-state index < -0.39 is 0 Å². The van der Waals surface area contributed by atoms with E-state index >= 15 is 0 Å². The summed E-state index contributed by atoms with van der Waals surface area (Å²) in [5, 5.41) is 5.06. The fourth-order valence-corrected chi connectivity index (χ4v) is 7.89. The average molecular weight is 580 g/mol. The third kappa shape index (κ3) is 3.77. The van der Waals surface area contributed by atoms with Gasteiger partial charge in [0.15, 0.2) is 0 Å². The first-order chi connectivity index (χ1) is 22.0. The van der Waals surface area contributed by atoms with Crippen molar-refractivity contribution in [2.45, 2.75) is 32.6 Å². The number of nitrogens with zero attached hydrogens (tertiary/aromatic N) is 3. The van der Waals surface area contributed by atoms with Gasteiger partial charge in [0.2, 0.25) is 5.95 Å². The summed E-state index contributed by atoms with van der Waals surface area (Å²) < 4.78 is 2.36. The van der Waals surface area contributed by atoms with Crippen molar-refractivity contribution in [2.24, 2.45) is 5.92 Å². The minimum Gasteiger partial charge on any atom is -0.278 e. The Morgan fingerprint density at radius 2 is 1.42 bits per heavy atom. The molecule has 0 spiro atoms. The molecule has 0 amide bonds. The van der Waals surface area contributed by atoms with Crippen LogP contribution in [0.4, 0.5) is 0 Å². The second kappa shape index (κ2) is 9.61. The largest absolute Gasteiger partial charge is 0.278 e. The summed E-state index contributed by atoms with van der Waals surface area (Å²) in [5.41, 5.74) is 11.7. The highest BCUT2D eigenvalue weighted by Crippen LogP contribution is 2.56. The molecule has 2 aliphatic rings. The van der Waals surface area contributed by atoms with Crippen LogP contribution < -0.4 is 0 Å².